The lowest BCUT2D eigenvalue weighted by molar-refractivity contribution is 0.414. The fourth-order valence-corrected chi connectivity index (χ4v) is 5.11. The third kappa shape index (κ3) is 5.84. The molecule has 0 fully saturated rings. The van der Waals surface area contributed by atoms with Gasteiger partial charge >= 0.3 is 0 Å². The lowest BCUT2D eigenvalue weighted by Gasteiger charge is -2.27. The van der Waals surface area contributed by atoms with E-state index in [1.54, 1.807) is 14.2 Å². The lowest BCUT2D eigenvalue weighted by atomic mass is 9.93. The largest absolute Gasteiger partial charge is 0.497 e. The molecule has 0 aliphatic rings. The molecule has 0 aromatic heterocycles. The molecule has 0 unspecified atom stereocenters. The maximum Gasteiger partial charge on any atom is 0.119 e. The molecule has 6 rings (SSSR count). The second kappa shape index (κ2) is 12.4. The van der Waals surface area contributed by atoms with E-state index in [0.717, 1.165) is 62.2 Å². The van der Waals surface area contributed by atoms with Crippen LogP contribution in [0.5, 0.6) is 11.5 Å². The zero-order valence-electron chi connectivity index (χ0n) is 23.7. The fourth-order valence-electron chi connectivity index (χ4n) is 5.11. The molecule has 6 aromatic rings. The molecule has 0 amide bonds. The van der Waals surface area contributed by atoms with Crippen LogP contribution < -0.4 is 19.7 Å². The number of hydrogen-bond acceptors (Lipinski definition) is 4. The molecule has 0 saturated carbocycles. The van der Waals surface area contributed by atoms with Crippen LogP contribution in [0.15, 0.2) is 152 Å². The van der Waals surface area contributed by atoms with Crippen LogP contribution in [0, 0.1) is 0 Å². The van der Waals surface area contributed by atoms with Gasteiger partial charge in [-0.15, -0.1) is 0 Å². The standard InChI is InChI=1S/C38H32N2O2/c1-41-35-22-15-29(16-23-35)38-27-34(40(32-11-7-4-8-12-32)33-19-24-36(42-2)25-20-33)21-26-37(38)28-13-17-31(18-14-28)39-30-9-5-3-6-10-30/h3-27,39H,1-2H3. The number of para-hydroxylation sites is 2. The lowest BCUT2D eigenvalue weighted by Crippen LogP contribution is -2.10. The first-order valence-electron chi connectivity index (χ1n) is 13.9. The van der Waals surface area contributed by atoms with Gasteiger partial charge < -0.3 is 19.7 Å². The average Bonchev–Trinajstić information content (AvgIpc) is 3.07. The molecule has 6 aromatic carbocycles. The van der Waals surface area contributed by atoms with Crippen molar-refractivity contribution >= 4 is 28.4 Å². The second-order valence-corrected chi connectivity index (χ2v) is 9.90. The summed E-state index contributed by atoms with van der Waals surface area (Å²) < 4.78 is 10.9. The van der Waals surface area contributed by atoms with Crippen LogP contribution in [-0.4, -0.2) is 14.2 Å². The molecule has 1 N–H and O–H groups in total. The molecule has 0 radical (unpaired) electrons. The molecule has 4 nitrogen and oxygen atoms in total. The van der Waals surface area contributed by atoms with Crippen LogP contribution in [0.4, 0.5) is 28.4 Å². The summed E-state index contributed by atoms with van der Waals surface area (Å²) in [6.45, 7) is 0. The van der Waals surface area contributed by atoms with E-state index in [9.17, 15) is 0 Å². The van der Waals surface area contributed by atoms with Crippen molar-refractivity contribution in [3.8, 4) is 33.8 Å². The minimum Gasteiger partial charge on any atom is -0.497 e. The predicted octanol–water partition coefficient (Wildman–Crippen LogP) is 10.3. The van der Waals surface area contributed by atoms with Crippen molar-refractivity contribution in [3.63, 3.8) is 0 Å². The number of ether oxygens (including phenoxy) is 2. The maximum atomic E-state index is 5.45. The predicted molar refractivity (Wildman–Crippen MR) is 175 cm³/mol. The normalized spacial score (nSPS) is 10.6. The third-order valence-corrected chi connectivity index (χ3v) is 7.27. The first-order valence-corrected chi connectivity index (χ1v) is 13.9. The van der Waals surface area contributed by atoms with E-state index in [0.29, 0.717) is 0 Å². The molecular formula is C38H32N2O2. The van der Waals surface area contributed by atoms with Gasteiger partial charge in [0.05, 0.1) is 14.2 Å². The number of methoxy groups -OCH3 is 2. The van der Waals surface area contributed by atoms with Crippen LogP contribution in [0.2, 0.25) is 0 Å². The highest BCUT2D eigenvalue weighted by atomic mass is 16.5. The van der Waals surface area contributed by atoms with Gasteiger partial charge in [-0.1, -0.05) is 66.7 Å². The van der Waals surface area contributed by atoms with Gasteiger partial charge in [-0.05, 0) is 107 Å². The monoisotopic (exact) mass is 548 g/mol. The van der Waals surface area contributed by atoms with Crippen molar-refractivity contribution < 1.29 is 9.47 Å². The van der Waals surface area contributed by atoms with E-state index < -0.39 is 0 Å². The van der Waals surface area contributed by atoms with Crippen LogP contribution in [-0.2, 0) is 0 Å². The molecule has 0 aliphatic heterocycles. The number of benzene rings is 6. The summed E-state index contributed by atoms with van der Waals surface area (Å²) in [6, 6.07) is 52.3. The molecule has 0 spiro atoms. The Morgan fingerprint density at radius 1 is 0.429 bits per heavy atom. The average molecular weight is 549 g/mol. The van der Waals surface area contributed by atoms with Crippen molar-refractivity contribution in [1.82, 2.24) is 0 Å². The third-order valence-electron chi connectivity index (χ3n) is 7.27. The molecule has 206 valence electrons. The second-order valence-electron chi connectivity index (χ2n) is 9.90. The molecule has 0 aliphatic carbocycles. The molecular weight excluding hydrogens is 516 g/mol. The Bertz CT molecular complexity index is 1730. The van der Waals surface area contributed by atoms with Gasteiger partial charge in [0, 0.05) is 28.4 Å². The van der Waals surface area contributed by atoms with E-state index in [2.05, 4.69) is 113 Å². The molecule has 0 atom stereocenters. The zero-order chi connectivity index (χ0) is 28.7. The van der Waals surface area contributed by atoms with E-state index in [1.807, 2.05) is 48.5 Å². The minimum absolute atomic E-state index is 0.825. The highest BCUT2D eigenvalue weighted by molar-refractivity contribution is 5.89. The zero-order valence-corrected chi connectivity index (χ0v) is 23.7. The van der Waals surface area contributed by atoms with Crippen LogP contribution in [0.25, 0.3) is 22.3 Å². The molecule has 0 heterocycles. The quantitative estimate of drug-likeness (QED) is 0.195. The van der Waals surface area contributed by atoms with Crippen molar-refractivity contribution in [2.24, 2.45) is 0 Å². The highest BCUT2D eigenvalue weighted by Crippen LogP contribution is 2.41. The Morgan fingerprint density at radius 2 is 0.905 bits per heavy atom. The number of rotatable bonds is 9. The highest BCUT2D eigenvalue weighted by Gasteiger charge is 2.16. The van der Waals surface area contributed by atoms with Crippen molar-refractivity contribution in [2.45, 2.75) is 0 Å². The van der Waals surface area contributed by atoms with Gasteiger partial charge in [0.15, 0.2) is 0 Å². The Kier molecular flexibility index (Phi) is 7.87. The first-order chi connectivity index (χ1) is 20.7. The summed E-state index contributed by atoms with van der Waals surface area (Å²) in [5.41, 5.74) is 9.83. The van der Waals surface area contributed by atoms with E-state index in [-0.39, 0.29) is 0 Å². The number of hydrogen-bond donors (Lipinski definition) is 1. The summed E-state index contributed by atoms with van der Waals surface area (Å²) >= 11 is 0. The number of anilines is 5. The maximum absolute atomic E-state index is 5.45. The van der Waals surface area contributed by atoms with Gasteiger partial charge in [0.1, 0.15) is 11.5 Å². The summed E-state index contributed by atoms with van der Waals surface area (Å²) in [6.07, 6.45) is 0. The molecule has 0 saturated heterocycles. The number of nitrogens with zero attached hydrogens (tertiary/aromatic N) is 1. The summed E-state index contributed by atoms with van der Waals surface area (Å²) in [5.74, 6) is 1.66. The Morgan fingerprint density at radius 3 is 1.52 bits per heavy atom. The molecule has 4 heteroatoms. The summed E-state index contributed by atoms with van der Waals surface area (Å²) in [7, 11) is 3.38. The minimum atomic E-state index is 0.825. The summed E-state index contributed by atoms with van der Waals surface area (Å²) in [5, 5.41) is 3.48. The van der Waals surface area contributed by atoms with E-state index >= 15 is 0 Å². The topological polar surface area (TPSA) is 33.7 Å². The Balaban J connectivity index is 1.44. The molecule has 42 heavy (non-hydrogen) atoms. The first kappa shape index (κ1) is 26.7. The van der Waals surface area contributed by atoms with E-state index in [1.165, 1.54) is 0 Å². The number of nitrogens with one attached hydrogen (secondary N) is 1. The van der Waals surface area contributed by atoms with Crippen LogP contribution in [0.1, 0.15) is 0 Å². The Hall–Kier alpha value is -5.48. The van der Waals surface area contributed by atoms with E-state index in [4.69, 9.17) is 9.47 Å². The van der Waals surface area contributed by atoms with Crippen LogP contribution in [0.3, 0.4) is 0 Å². The SMILES string of the molecule is COc1ccc(-c2cc(N(c3ccccc3)c3ccc(OC)cc3)ccc2-c2ccc(Nc3ccccc3)cc2)cc1. The molecule has 0 bridgehead atoms. The van der Waals surface area contributed by atoms with Crippen molar-refractivity contribution in [3.05, 3.63) is 152 Å². The smallest absolute Gasteiger partial charge is 0.119 e. The van der Waals surface area contributed by atoms with Crippen molar-refractivity contribution in [2.75, 3.05) is 24.4 Å². The van der Waals surface area contributed by atoms with Crippen molar-refractivity contribution in [1.29, 1.82) is 0 Å². The van der Waals surface area contributed by atoms with Gasteiger partial charge in [-0.25, -0.2) is 0 Å². The Labute approximate surface area is 247 Å². The summed E-state index contributed by atoms with van der Waals surface area (Å²) in [4.78, 5) is 2.27. The van der Waals surface area contributed by atoms with Crippen LogP contribution >= 0.6 is 0 Å². The van der Waals surface area contributed by atoms with Gasteiger partial charge in [0.25, 0.3) is 0 Å². The fraction of sp³-hybridized carbons (Fsp3) is 0.0526. The van der Waals surface area contributed by atoms with Gasteiger partial charge in [-0.2, -0.15) is 0 Å². The van der Waals surface area contributed by atoms with Gasteiger partial charge in [-0.3, -0.25) is 0 Å². The van der Waals surface area contributed by atoms with Gasteiger partial charge in [0.2, 0.25) is 0 Å².